The van der Waals surface area contributed by atoms with E-state index in [4.69, 9.17) is 0 Å². The van der Waals surface area contributed by atoms with E-state index in [1.807, 2.05) is 30.3 Å². The van der Waals surface area contributed by atoms with Crippen molar-refractivity contribution in [3.05, 3.63) is 72.2 Å². The van der Waals surface area contributed by atoms with Crippen LogP contribution >= 0.6 is 0 Å². The van der Waals surface area contributed by atoms with Gasteiger partial charge in [0.15, 0.2) is 0 Å². The number of hydrogen-bond acceptors (Lipinski definition) is 2. The zero-order valence-corrected chi connectivity index (χ0v) is 10.1. The summed E-state index contributed by atoms with van der Waals surface area (Å²) in [6.07, 6.45) is 3.29. The monoisotopic (exact) mass is 250 g/mol. The molecule has 0 bridgehead atoms. The van der Waals surface area contributed by atoms with E-state index >= 15 is 0 Å². The first-order chi connectivity index (χ1) is 9.33. The molecule has 0 aliphatic rings. The Morgan fingerprint density at radius 2 is 1.89 bits per heavy atom. The lowest BCUT2D eigenvalue weighted by atomic mass is 10.2. The molecular formula is C16H11FN2. The minimum absolute atomic E-state index is 0.270. The fourth-order valence-corrected chi connectivity index (χ4v) is 1.87. The predicted molar refractivity (Wildman–Crippen MR) is 75.4 cm³/mol. The van der Waals surface area contributed by atoms with E-state index in [0.29, 0.717) is 5.56 Å². The number of hydrogen-bond donors (Lipinski definition) is 0. The first kappa shape index (κ1) is 11.5. The highest BCUT2D eigenvalue weighted by atomic mass is 19.1. The van der Waals surface area contributed by atoms with Gasteiger partial charge in [-0.1, -0.05) is 24.3 Å². The third kappa shape index (κ3) is 2.50. The number of fused-ring (bicyclic) bond motifs is 1. The van der Waals surface area contributed by atoms with Gasteiger partial charge in [0.1, 0.15) is 5.82 Å². The summed E-state index contributed by atoms with van der Waals surface area (Å²) >= 11 is 0. The van der Waals surface area contributed by atoms with Crippen LogP contribution in [0.2, 0.25) is 0 Å². The third-order valence-electron chi connectivity index (χ3n) is 2.84. The Kier molecular flexibility index (Phi) is 3.02. The van der Waals surface area contributed by atoms with Crippen molar-refractivity contribution in [1.82, 2.24) is 4.98 Å². The normalized spacial score (nSPS) is 11.2. The summed E-state index contributed by atoms with van der Waals surface area (Å²) in [6.45, 7) is 0. The standard InChI is InChI=1S/C16H11FN2/c17-15-6-2-1-4-13(15)11-19-14-7-8-16-12(10-14)5-3-9-18-16/h1-11H. The summed E-state index contributed by atoms with van der Waals surface area (Å²) in [5.41, 5.74) is 2.19. The van der Waals surface area contributed by atoms with Crippen molar-refractivity contribution in [2.24, 2.45) is 4.99 Å². The van der Waals surface area contributed by atoms with E-state index in [-0.39, 0.29) is 5.82 Å². The van der Waals surface area contributed by atoms with Crippen molar-refractivity contribution in [1.29, 1.82) is 0 Å². The number of aromatic nitrogens is 1. The van der Waals surface area contributed by atoms with E-state index in [2.05, 4.69) is 9.98 Å². The summed E-state index contributed by atoms with van der Waals surface area (Å²) < 4.78 is 13.4. The Bertz CT molecular complexity index is 750. The average Bonchev–Trinajstić information content (AvgIpc) is 2.46. The van der Waals surface area contributed by atoms with E-state index in [1.165, 1.54) is 12.3 Å². The molecule has 0 saturated heterocycles. The number of pyridine rings is 1. The van der Waals surface area contributed by atoms with Crippen molar-refractivity contribution >= 4 is 22.8 Å². The molecule has 0 saturated carbocycles. The van der Waals surface area contributed by atoms with Crippen LogP contribution in [0.4, 0.5) is 10.1 Å². The van der Waals surface area contributed by atoms with Gasteiger partial charge in [-0.25, -0.2) is 4.39 Å². The van der Waals surface area contributed by atoms with E-state index in [9.17, 15) is 4.39 Å². The molecule has 0 N–H and O–H groups in total. The fraction of sp³-hybridized carbons (Fsp3) is 0. The van der Waals surface area contributed by atoms with Crippen molar-refractivity contribution in [2.45, 2.75) is 0 Å². The summed E-state index contributed by atoms with van der Waals surface area (Å²) in [7, 11) is 0. The number of nitrogens with zero attached hydrogens (tertiary/aromatic N) is 2. The van der Waals surface area contributed by atoms with Crippen LogP contribution in [0.15, 0.2) is 65.8 Å². The number of rotatable bonds is 2. The molecule has 19 heavy (non-hydrogen) atoms. The van der Waals surface area contributed by atoms with Crippen LogP contribution < -0.4 is 0 Å². The molecule has 0 spiro atoms. The van der Waals surface area contributed by atoms with E-state index in [0.717, 1.165) is 16.6 Å². The first-order valence-electron chi connectivity index (χ1n) is 5.96. The van der Waals surface area contributed by atoms with Crippen LogP contribution in [-0.2, 0) is 0 Å². The van der Waals surface area contributed by atoms with Crippen LogP contribution in [-0.4, -0.2) is 11.2 Å². The molecule has 0 atom stereocenters. The van der Waals surface area contributed by atoms with Gasteiger partial charge in [-0.15, -0.1) is 0 Å². The van der Waals surface area contributed by atoms with Crippen LogP contribution in [0.25, 0.3) is 10.9 Å². The molecule has 0 amide bonds. The predicted octanol–water partition coefficient (Wildman–Crippen LogP) is 4.12. The van der Waals surface area contributed by atoms with Gasteiger partial charge in [-0.05, 0) is 30.3 Å². The summed E-state index contributed by atoms with van der Waals surface area (Å²) in [5.74, 6) is -0.270. The Morgan fingerprint density at radius 3 is 2.79 bits per heavy atom. The van der Waals surface area contributed by atoms with Gasteiger partial charge in [0.25, 0.3) is 0 Å². The maximum Gasteiger partial charge on any atom is 0.131 e. The molecule has 0 radical (unpaired) electrons. The third-order valence-corrected chi connectivity index (χ3v) is 2.84. The van der Waals surface area contributed by atoms with E-state index < -0.39 is 0 Å². The molecule has 0 fully saturated rings. The zero-order valence-electron chi connectivity index (χ0n) is 10.1. The van der Waals surface area contributed by atoms with Gasteiger partial charge in [0.2, 0.25) is 0 Å². The maximum absolute atomic E-state index is 13.4. The average molecular weight is 250 g/mol. The molecule has 0 aliphatic carbocycles. The highest BCUT2D eigenvalue weighted by molar-refractivity contribution is 5.85. The minimum Gasteiger partial charge on any atom is -0.256 e. The smallest absolute Gasteiger partial charge is 0.131 e. The van der Waals surface area contributed by atoms with Crippen LogP contribution in [0, 0.1) is 5.82 Å². The van der Waals surface area contributed by atoms with Crippen molar-refractivity contribution in [2.75, 3.05) is 0 Å². The molecule has 92 valence electrons. The lowest BCUT2D eigenvalue weighted by Gasteiger charge is -1.98. The van der Waals surface area contributed by atoms with Crippen molar-refractivity contribution in [3.63, 3.8) is 0 Å². The highest BCUT2D eigenvalue weighted by Gasteiger charge is 1.97. The van der Waals surface area contributed by atoms with Crippen molar-refractivity contribution in [3.8, 4) is 0 Å². The van der Waals surface area contributed by atoms with Gasteiger partial charge < -0.3 is 0 Å². The second-order valence-corrected chi connectivity index (χ2v) is 4.16. The number of halogens is 1. The minimum atomic E-state index is -0.270. The fourth-order valence-electron chi connectivity index (χ4n) is 1.87. The first-order valence-corrected chi connectivity index (χ1v) is 5.96. The molecule has 3 heteroatoms. The lowest BCUT2D eigenvalue weighted by Crippen LogP contribution is -1.86. The molecule has 1 heterocycles. The van der Waals surface area contributed by atoms with Gasteiger partial charge in [0, 0.05) is 23.4 Å². The van der Waals surface area contributed by atoms with Crippen molar-refractivity contribution < 1.29 is 4.39 Å². The van der Waals surface area contributed by atoms with Gasteiger partial charge in [0.05, 0.1) is 11.2 Å². The Hall–Kier alpha value is -2.55. The molecular weight excluding hydrogens is 239 g/mol. The van der Waals surface area contributed by atoms with Crippen LogP contribution in [0.1, 0.15) is 5.56 Å². The molecule has 2 aromatic carbocycles. The van der Waals surface area contributed by atoms with Gasteiger partial charge >= 0.3 is 0 Å². The van der Waals surface area contributed by atoms with Gasteiger partial charge in [-0.2, -0.15) is 0 Å². The second kappa shape index (κ2) is 4.98. The Balaban J connectivity index is 1.95. The SMILES string of the molecule is Fc1ccccc1C=Nc1ccc2ncccc2c1. The lowest BCUT2D eigenvalue weighted by molar-refractivity contribution is 0.626. The Morgan fingerprint density at radius 1 is 1.00 bits per heavy atom. The summed E-state index contributed by atoms with van der Waals surface area (Å²) in [6, 6.07) is 16.1. The van der Waals surface area contributed by atoms with Crippen LogP contribution in [0.5, 0.6) is 0 Å². The molecule has 0 unspecified atom stereocenters. The molecule has 0 aliphatic heterocycles. The van der Waals surface area contributed by atoms with Crippen LogP contribution in [0.3, 0.4) is 0 Å². The highest BCUT2D eigenvalue weighted by Crippen LogP contribution is 2.19. The molecule has 3 rings (SSSR count). The van der Waals surface area contributed by atoms with E-state index in [1.54, 1.807) is 24.4 Å². The molecule has 3 aromatic rings. The summed E-state index contributed by atoms with van der Waals surface area (Å²) in [5, 5.41) is 1.02. The van der Waals surface area contributed by atoms with Gasteiger partial charge in [-0.3, -0.25) is 9.98 Å². The molecule has 1 aromatic heterocycles. The maximum atomic E-state index is 13.4. The largest absolute Gasteiger partial charge is 0.256 e. The zero-order chi connectivity index (χ0) is 13.1. The summed E-state index contributed by atoms with van der Waals surface area (Å²) in [4.78, 5) is 8.54. The Labute approximate surface area is 110 Å². The topological polar surface area (TPSA) is 25.2 Å². The quantitative estimate of drug-likeness (QED) is 0.628. The number of aliphatic imine (C=N–C) groups is 1. The number of benzene rings is 2. The molecule has 2 nitrogen and oxygen atoms in total. The second-order valence-electron chi connectivity index (χ2n) is 4.16.